The van der Waals surface area contributed by atoms with Gasteiger partial charge in [0.25, 0.3) is 0 Å². The number of rotatable bonds is 5. The zero-order chi connectivity index (χ0) is 8.69. The summed E-state index contributed by atoms with van der Waals surface area (Å²) in [6.07, 6.45) is 1.10. The predicted octanol–water partition coefficient (Wildman–Crippen LogP) is 2.40. The largest absolute Gasteiger partial charge is 0.497 e. The Morgan fingerprint density at radius 2 is 2.18 bits per heavy atom. The molecule has 0 aliphatic rings. The summed E-state index contributed by atoms with van der Waals surface area (Å²) < 4.78 is 5.12. The molecule has 0 heterocycles. The van der Waals surface area contributed by atoms with Crippen LogP contribution in [0.5, 0.6) is 0 Å². The quantitative estimate of drug-likeness (QED) is 0.343. The fourth-order valence-corrected chi connectivity index (χ4v) is 0.629. The van der Waals surface area contributed by atoms with Gasteiger partial charge in [0, 0.05) is 6.42 Å². The van der Waals surface area contributed by atoms with Gasteiger partial charge in [0.15, 0.2) is 0 Å². The second kappa shape index (κ2) is 5.55. The third-order valence-electron chi connectivity index (χ3n) is 1.02. The van der Waals surface area contributed by atoms with E-state index in [0.717, 1.165) is 5.57 Å². The zero-order valence-electron chi connectivity index (χ0n) is 6.89. The second-order valence-electron chi connectivity index (χ2n) is 2.43. The van der Waals surface area contributed by atoms with Crippen LogP contribution in [-0.2, 0) is 4.74 Å². The van der Waals surface area contributed by atoms with Crippen LogP contribution >= 0.6 is 0 Å². The summed E-state index contributed by atoms with van der Waals surface area (Å²) in [5.41, 5.74) is 1.02. The molecule has 2 heteroatoms. The number of ether oxygens (including phenoxy) is 1. The van der Waals surface area contributed by atoms with Crippen molar-refractivity contribution in [3.05, 3.63) is 24.5 Å². The molecule has 0 aliphatic heterocycles. The van der Waals surface area contributed by atoms with Crippen LogP contribution in [0, 0.1) is 11.3 Å². The van der Waals surface area contributed by atoms with Crippen LogP contribution in [-0.4, -0.2) is 6.61 Å². The van der Waals surface area contributed by atoms with Crippen LogP contribution in [0.3, 0.4) is 0 Å². The average Bonchev–Trinajstić information content (AvgIpc) is 1.86. The van der Waals surface area contributed by atoms with Crippen LogP contribution in [0.15, 0.2) is 24.5 Å². The molecular weight excluding hydrogens is 138 g/mol. The van der Waals surface area contributed by atoms with Gasteiger partial charge in [-0.05, 0) is 6.92 Å². The molecule has 0 saturated carbocycles. The molecule has 11 heavy (non-hydrogen) atoms. The van der Waals surface area contributed by atoms with Gasteiger partial charge in [0.2, 0.25) is 0 Å². The maximum absolute atomic E-state index is 8.18. The third-order valence-corrected chi connectivity index (χ3v) is 1.02. The van der Waals surface area contributed by atoms with E-state index in [0.29, 0.717) is 25.2 Å². The van der Waals surface area contributed by atoms with E-state index in [9.17, 15) is 0 Å². The Hall–Kier alpha value is -1.23. The molecule has 0 radical (unpaired) electrons. The Kier molecular flexibility index (Phi) is 4.93. The first-order valence-corrected chi connectivity index (χ1v) is 3.48. The molecule has 0 fully saturated rings. The van der Waals surface area contributed by atoms with E-state index in [4.69, 9.17) is 10.00 Å². The summed E-state index contributed by atoms with van der Waals surface area (Å²) in [5.74, 6) is 0.688. The minimum Gasteiger partial charge on any atom is -0.497 e. The van der Waals surface area contributed by atoms with Crippen LogP contribution in [0.25, 0.3) is 0 Å². The Labute approximate surface area is 67.8 Å². The molecule has 0 bridgehead atoms. The fraction of sp³-hybridized carbons (Fsp3) is 0.444. The van der Waals surface area contributed by atoms with E-state index in [-0.39, 0.29) is 0 Å². The number of allylic oxidation sites excluding steroid dienone is 1. The van der Waals surface area contributed by atoms with E-state index < -0.39 is 0 Å². The van der Waals surface area contributed by atoms with Crippen molar-refractivity contribution in [2.75, 3.05) is 6.61 Å². The van der Waals surface area contributed by atoms with Gasteiger partial charge in [-0.3, -0.25) is 0 Å². The van der Waals surface area contributed by atoms with Crippen LogP contribution in [0.1, 0.15) is 19.8 Å². The van der Waals surface area contributed by atoms with Gasteiger partial charge in [-0.15, -0.1) is 0 Å². The summed E-state index contributed by atoms with van der Waals surface area (Å²) in [6, 6.07) is 1.99. The summed E-state index contributed by atoms with van der Waals surface area (Å²) in [4.78, 5) is 0. The first-order chi connectivity index (χ1) is 5.16. The molecule has 0 aromatic carbocycles. The molecule has 0 aromatic heterocycles. The Morgan fingerprint density at radius 1 is 1.55 bits per heavy atom. The summed E-state index contributed by atoms with van der Waals surface area (Å²) in [6.45, 7) is 9.74. The lowest BCUT2D eigenvalue weighted by molar-refractivity contribution is 0.215. The maximum atomic E-state index is 8.18. The summed E-state index contributed by atoms with van der Waals surface area (Å²) in [7, 11) is 0. The Balaban J connectivity index is 3.39. The van der Waals surface area contributed by atoms with Crippen molar-refractivity contribution < 1.29 is 4.74 Å². The van der Waals surface area contributed by atoms with E-state index in [1.165, 1.54) is 0 Å². The monoisotopic (exact) mass is 151 g/mol. The SMILES string of the molecule is C=C(C)CC(=C)OCCC#N. The summed E-state index contributed by atoms with van der Waals surface area (Å²) in [5, 5.41) is 8.18. The average molecular weight is 151 g/mol. The van der Waals surface area contributed by atoms with Gasteiger partial charge in [-0.2, -0.15) is 5.26 Å². The molecule has 2 nitrogen and oxygen atoms in total. The first-order valence-electron chi connectivity index (χ1n) is 3.48. The second-order valence-corrected chi connectivity index (χ2v) is 2.43. The van der Waals surface area contributed by atoms with Crippen molar-refractivity contribution in [2.24, 2.45) is 0 Å². The van der Waals surface area contributed by atoms with Gasteiger partial charge < -0.3 is 4.74 Å². The lowest BCUT2D eigenvalue weighted by atomic mass is 10.2. The Bertz CT molecular complexity index is 188. The molecule has 0 aromatic rings. The standard InChI is InChI=1S/C9H13NO/c1-8(2)7-9(3)11-6-4-5-10/h1,3-4,6-7H2,2H3. The highest BCUT2D eigenvalue weighted by molar-refractivity contribution is 5.01. The lowest BCUT2D eigenvalue weighted by Crippen LogP contribution is -1.93. The number of nitrogens with zero attached hydrogens (tertiary/aromatic N) is 1. The normalized spacial score (nSPS) is 8.36. The Morgan fingerprint density at radius 3 is 2.64 bits per heavy atom. The smallest absolute Gasteiger partial charge is 0.101 e. The van der Waals surface area contributed by atoms with Gasteiger partial charge in [0.1, 0.15) is 6.61 Å². The highest BCUT2D eigenvalue weighted by Crippen LogP contribution is 2.07. The van der Waals surface area contributed by atoms with E-state index in [2.05, 4.69) is 13.2 Å². The molecular formula is C9H13NO. The van der Waals surface area contributed by atoms with Crippen molar-refractivity contribution in [1.29, 1.82) is 5.26 Å². The van der Waals surface area contributed by atoms with E-state index >= 15 is 0 Å². The number of hydrogen-bond donors (Lipinski definition) is 0. The van der Waals surface area contributed by atoms with Gasteiger partial charge in [0.05, 0.1) is 18.2 Å². The first kappa shape index (κ1) is 9.77. The van der Waals surface area contributed by atoms with E-state index in [1.54, 1.807) is 0 Å². The van der Waals surface area contributed by atoms with Crippen molar-refractivity contribution in [3.8, 4) is 6.07 Å². The van der Waals surface area contributed by atoms with Crippen molar-refractivity contribution in [2.45, 2.75) is 19.8 Å². The summed E-state index contributed by atoms with van der Waals surface area (Å²) >= 11 is 0. The van der Waals surface area contributed by atoms with Gasteiger partial charge in [-0.1, -0.05) is 18.7 Å². The van der Waals surface area contributed by atoms with Gasteiger partial charge in [-0.25, -0.2) is 0 Å². The van der Waals surface area contributed by atoms with Gasteiger partial charge >= 0.3 is 0 Å². The highest BCUT2D eigenvalue weighted by atomic mass is 16.5. The zero-order valence-corrected chi connectivity index (χ0v) is 6.89. The molecule has 0 amide bonds. The van der Waals surface area contributed by atoms with E-state index in [1.807, 2.05) is 13.0 Å². The van der Waals surface area contributed by atoms with Crippen molar-refractivity contribution in [1.82, 2.24) is 0 Å². The number of hydrogen-bond acceptors (Lipinski definition) is 2. The third kappa shape index (κ3) is 6.66. The molecule has 60 valence electrons. The van der Waals surface area contributed by atoms with Crippen LogP contribution in [0.4, 0.5) is 0 Å². The van der Waals surface area contributed by atoms with Crippen LogP contribution in [0.2, 0.25) is 0 Å². The molecule has 0 atom stereocenters. The number of nitriles is 1. The molecule has 0 unspecified atom stereocenters. The van der Waals surface area contributed by atoms with Crippen molar-refractivity contribution >= 4 is 0 Å². The topological polar surface area (TPSA) is 33.0 Å². The molecule has 0 aliphatic carbocycles. The fourth-order valence-electron chi connectivity index (χ4n) is 0.629. The minimum absolute atomic E-state index is 0.412. The van der Waals surface area contributed by atoms with Crippen LogP contribution < -0.4 is 0 Å². The molecule has 0 N–H and O–H groups in total. The highest BCUT2D eigenvalue weighted by Gasteiger charge is 1.94. The molecule has 0 rings (SSSR count). The minimum atomic E-state index is 0.412. The predicted molar refractivity (Wildman–Crippen MR) is 44.8 cm³/mol. The molecule has 0 saturated heterocycles. The lowest BCUT2D eigenvalue weighted by Gasteiger charge is -2.05. The molecule has 0 spiro atoms. The maximum Gasteiger partial charge on any atom is 0.101 e. The van der Waals surface area contributed by atoms with Crippen molar-refractivity contribution in [3.63, 3.8) is 0 Å².